The Morgan fingerprint density at radius 1 is 1.30 bits per heavy atom. The van der Waals surface area contributed by atoms with Crippen LogP contribution in [0.1, 0.15) is 26.7 Å². The van der Waals surface area contributed by atoms with E-state index in [4.69, 9.17) is 5.73 Å². The monoisotopic (exact) mass is 277 g/mol. The van der Waals surface area contributed by atoms with Crippen LogP contribution in [0.5, 0.6) is 0 Å². The molecule has 0 aliphatic rings. The molecule has 0 spiro atoms. The zero-order valence-corrected chi connectivity index (χ0v) is 12.8. The highest BCUT2D eigenvalue weighted by Crippen LogP contribution is 2.10. The number of hydrogen-bond acceptors (Lipinski definition) is 3. The van der Waals surface area contributed by atoms with Crippen molar-refractivity contribution in [3.8, 4) is 0 Å². The zero-order valence-electron chi connectivity index (χ0n) is 12.8. The molecule has 1 atom stereocenters. The van der Waals surface area contributed by atoms with Crippen molar-refractivity contribution in [3.63, 3.8) is 0 Å². The molecule has 0 bridgehead atoms. The van der Waals surface area contributed by atoms with Crippen molar-refractivity contribution in [2.45, 2.75) is 32.7 Å². The highest BCUT2D eigenvalue weighted by Gasteiger charge is 2.12. The summed E-state index contributed by atoms with van der Waals surface area (Å²) < 4.78 is 0. The fourth-order valence-electron chi connectivity index (χ4n) is 1.88. The van der Waals surface area contributed by atoms with Crippen molar-refractivity contribution in [1.82, 2.24) is 5.32 Å². The minimum absolute atomic E-state index is 0.0496. The van der Waals surface area contributed by atoms with Gasteiger partial charge in [0.05, 0.1) is 0 Å². The van der Waals surface area contributed by atoms with E-state index in [1.807, 2.05) is 32.0 Å². The molecule has 0 heterocycles. The fourth-order valence-corrected chi connectivity index (χ4v) is 1.88. The van der Waals surface area contributed by atoms with Crippen LogP contribution in [0.2, 0.25) is 0 Å². The third-order valence-electron chi connectivity index (χ3n) is 3.47. The molecule has 1 amide bonds. The summed E-state index contributed by atoms with van der Waals surface area (Å²) in [6, 6.07) is 10.2. The number of carbonyl (C=O) groups excluding carboxylic acids is 1. The summed E-state index contributed by atoms with van der Waals surface area (Å²) in [5, 5.41) is 2.93. The van der Waals surface area contributed by atoms with Gasteiger partial charge in [0, 0.05) is 38.3 Å². The minimum Gasteiger partial charge on any atom is -0.375 e. The second-order valence-corrected chi connectivity index (χ2v) is 5.57. The number of carbonyl (C=O) groups is 1. The number of hydrogen-bond donors (Lipinski definition) is 2. The Hall–Kier alpha value is -1.55. The van der Waals surface area contributed by atoms with E-state index in [0.29, 0.717) is 18.9 Å². The van der Waals surface area contributed by atoms with Gasteiger partial charge in [0.25, 0.3) is 0 Å². The minimum atomic E-state index is -0.0537. The van der Waals surface area contributed by atoms with Crippen molar-refractivity contribution in [2.75, 3.05) is 25.0 Å². The molecule has 112 valence electrons. The number of rotatable bonds is 8. The predicted octanol–water partition coefficient (Wildman–Crippen LogP) is 2.00. The highest BCUT2D eigenvalue weighted by molar-refractivity contribution is 5.76. The van der Waals surface area contributed by atoms with E-state index in [0.717, 1.165) is 13.0 Å². The van der Waals surface area contributed by atoms with Crippen LogP contribution < -0.4 is 16.0 Å². The predicted molar refractivity (Wildman–Crippen MR) is 84.8 cm³/mol. The van der Waals surface area contributed by atoms with E-state index in [1.165, 1.54) is 5.69 Å². The number of nitrogens with two attached hydrogens (primary N) is 1. The Bertz CT molecular complexity index is 392. The summed E-state index contributed by atoms with van der Waals surface area (Å²) in [5.74, 6) is 0.388. The van der Waals surface area contributed by atoms with Gasteiger partial charge in [-0.25, -0.2) is 0 Å². The Morgan fingerprint density at radius 3 is 2.55 bits per heavy atom. The van der Waals surface area contributed by atoms with Crippen molar-refractivity contribution < 1.29 is 4.79 Å². The lowest BCUT2D eigenvalue weighted by molar-refractivity contribution is -0.121. The first kappa shape index (κ1) is 16.5. The lowest BCUT2D eigenvalue weighted by Crippen LogP contribution is -2.35. The van der Waals surface area contributed by atoms with Gasteiger partial charge in [-0.15, -0.1) is 0 Å². The summed E-state index contributed by atoms with van der Waals surface area (Å²) in [6.45, 7) is 5.68. The van der Waals surface area contributed by atoms with Crippen LogP contribution in [0.15, 0.2) is 30.3 Å². The van der Waals surface area contributed by atoms with Gasteiger partial charge in [-0.2, -0.15) is 0 Å². The third kappa shape index (κ3) is 6.06. The van der Waals surface area contributed by atoms with Gasteiger partial charge >= 0.3 is 0 Å². The van der Waals surface area contributed by atoms with Crippen molar-refractivity contribution in [1.29, 1.82) is 0 Å². The molecule has 0 saturated heterocycles. The van der Waals surface area contributed by atoms with Crippen molar-refractivity contribution in [3.05, 3.63) is 30.3 Å². The first-order chi connectivity index (χ1) is 9.50. The van der Waals surface area contributed by atoms with Crippen LogP contribution in [0.25, 0.3) is 0 Å². The van der Waals surface area contributed by atoms with Crippen molar-refractivity contribution >= 4 is 11.6 Å². The Morgan fingerprint density at radius 2 is 1.95 bits per heavy atom. The van der Waals surface area contributed by atoms with E-state index in [9.17, 15) is 4.79 Å². The maximum Gasteiger partial charge on any atom is 0.221 e. The normalized spacial score (nSPS) is 12.2. The topological polar surface area (TPSA) is 58.4 Å². The first-order valence-corrected chi connectivity index (χ1v) is 7.29. The van der Waals surface area contributed by atoms with E-state index in [1.54, 1.807) is 0 Å². The maximum absolute atomic E-state index is 11.7. The molecule has 20 heavy (non-hydrogen) atoms. The van der Waals surface area contributed by atoms with Gasteiger partial charge < -0.3 is 16.0 Å². The number of anilines is 1. The zero-order chi connectivity index (χ0) is 15.0. The number of benzene rings is 1. The SMILES string of the molecule is CC(C)C(N)CC(=O)NCCCN(C)c1ccccc1. The van der Waals surface area contributed by atoms with Crippen LogP contribution in [-0.2, 0) is 4.79 Å². The Balaban J connectivity index is 2.17. The molecular formula is C16H27N3O. The lowest BCUT2D eigenvalue weighted by atomic mass is 10.0. The van der Waals surface area contributed by atoms with Crippen LogP contribution in [0.4, 0.5) is 5.69 Å². The highest BCUT2D eigenvalue weighted by atomic mass is 16.1. The largest absolute Gasteiger partial charge is 0.375 e. The van der Waals surface area contributed by atoms with Crippen LogP contribution >= 0.6 is 0 Å². The Kier molecular flexibility index (Phi) is 7.09. The van der Waals surface area contributed by atoms with Crippen LogP contribution in [0, 0.1) is 5.92 Å². The molecule has 3 N–H and O–H groups in total. The van der Waals surface area contributed by atoms with E-state index in [2.05, 4.69) is 29.4 Å². The summed E-state index contributed by atoms with van der Waals surface area (Å²) in [6.07, 6.45) is 1.33. The molecule has 4 nitrogen and oxygen atoms in total. The van der Waals surface area contributed by atoms with E-state index >= 15 is 0 Å². The quantitative estimate of drug-likeness (QED) is 0.715. The fraction of sp³-hybridized carbons (Fsp3) is 0.562. The molecule has 0 fully saturated rings. The van der Waals surface area contributed by atoms with Gasteiger partial charge in [0.2, 0.25) is 5.91 Å². The molecule has 1 aromatic carbocycles. The average Bonchev–Trinajstić information content (AvgIpc) is 2.44. The summed E-state index contributed by atoms with van der Waals surface area (Å²) in [7, 11) is 2.06. The second-order valence-electron chi connectivity index (χ2n) is 5.57. The Labute approximate surface area is 122 Å². The molecule has 4 heteroatoms. The number of amides is 1. The van der Waals surface area contributed by atoms with Crippen LogP contribution in [-0.4, -0.2) is 32.1 Å². The average molecular weight is 277 g/mol. The molecule has 1 rings (SSSR count). The third-order valence-corrected chi connectivity index (χ3v) is 3.47. The number of para-hydroxylation sites is 1. The second kappa shape index (κ2) is 8.59. The molecule has 1 unspecified atom stereocenters. The maximum atomic E-state index is 11.7. The van der Waals surface area contributed by atoms with Gasteiger partial charge in [-0.05, 0) is 24.5 Å². The summed E-state index contributed by atoms with van der Waals surface area (Å²) >= 11 is 0. The molecule has 0 aromatic heterocycles. The molecular weight excluding hydrogens is 250 g/mol. The standard InChI is InChI=1S/C16H27N3O/c1-13(2)15(17)12-16(20)18-10-7-11-19(3)14-8-5-4-6-9-14/h4-6,8-9,13,15H,7,10-12,17H2,1-3H3,(H,18,20). The smallest absolute Gasteiger partial charge is 0.221 e. The molecule has 0 saturated carbocycles. The number of nitrogens with one attached hydrogen (secondary N) is 1. The van der Waals surface area contributed by atoms with Gasteiger partial charge in [-0.3, -0.25) is 4.79 Å². The van der Waals surface area contributed by atoms with E-state index < -0.39 is 0 Å². The summed E-state index contributed by atoms with van der Waals surface area (Å²) in [4.78, 5) is 13.9. The number of nitrogens with zero attached hydrogens (tertiary/aromatic N) is 1. The summed E-state index contributed by atoms with van der Waals surface area (Å²) in [5.41, 5.74) is 7.07. The molecule has 0 aliphatic carbocycles. The van der Waals surface area contributed by atoms with Crippen LogP contribution in [0.3, 0.4) is 0 Å². The van der Waals surface area contributed by atoms with E-state index in [-0.39, 0.29) is 11.9 Å². The first-order valence-electron chi connectivity index (χ1n) is 7.29. The lowest BCUT2D eigenvalue weighted by Gasteiger charge is -2.19. The van der Waals surface area contributed by atoms with Gasteiger partial charge in [0.15, 0.2) is 0 Å². The molecule has 0 aliphatic heterocycles. The van der Waals surface area contributed by atoms with Gasteiger partial charge in [-0.1, -0.05) is 32.0 Å². The van der Waals surface area contributed by atoms with Crippen molar-refractivity contribution in [2.24, 2.45) is 11.7 Å². The molecule has 1 aromatic rings. The molecule has 0 radical (unpaired) electrons. The van der Waals surface area contributed by atoms with Gasteiger partial charge in [0.1, 0.15) is 0 Å².